The summed E-state index contributed by atoms with van der Waals surface area (Å²) in [6, 6.07) is 7.30. The molecular formula is C18H25ClN2O2. The number of fused-ring (bicyclic) bond motifs is 3. The molecule has 2 fully saturated rings. The van der Waals surface area contributed by atoms with Crippen molar-refractivity contribution in [3.05, 3.63) is 23.8 Å². The van der Waals surface area contributed by atoms with E-state index in [1.54, 1.807) is 0 Å². The number of hydrogen-bond acceptors (Lipinski definition) is 3. The SMILES string of the molecule is Cl.O=C(CC1CC2CCC(C1)N2)Nc1ccc2c(c1)CCCO2. The maximum absolute atomic E-state index is 12.3. The van der Waals surface area contributed by atoms with Gasteiger partial charge in [-0.3, -0.25) is 4.79 Å². The lowest BCUT2D eigenvalue weighted by molar-refractivity contribution is -0.117. The van der Waals surface area contributed by atoms with Gasteiger partial charge in [-0.1, -0.05) is 0 Å². The van der Waals surface area contributed by atoms with Crippen LogP contribution >= 0.6 is 12.4 Å². The van der Waals surface area contributed by atoms with Crippen LogP contribution in [-0.2, 0) is 11.2 Å². The van der Waals surface area contributed by atoms with E-state index in [-0.39, 0.29) is 18.3 Å². The van der Waals surface area contributed by atoms with Crippen molar-refractivity contribution in [2.75, 3.05) is 11.9 Å². The minimum Gasteiger partial charge on any atom is -0.493 e. The van der Waals surface area contributed by atoms with Gasteiger partial charge in [0.15, 0.2) is 0 Å². The monoisotopic (exact) mass is 336 g/mol. The molecule has 2 atom stereocenters. The maximum Gasteiger partial charge on any atom is 0.224 e. The van der Waals surface area contributed by atoms with Crippen LogP contribution in [0.15, 0.2) is 18.2 Å². The van der Waals surface area contributed by atoms with E-state index in [1.165, 1.54) is 18.4 Å². The van der Waals surface area contributed by atoms with E-state index in [9.17, 15) is 4.79 Å². The highest BCUT2D eigenvalue weighted by atomic mass is 35.5. The molecule has 5 heteroatoms. The second-order valence-corrected chi connectivity index (χ2v) is 7.00. The van der Waals surface area contributed by atoms with Gasteiger partial charge in [0.25, 0.3) is 0 Å². The zero-order chi connectivity index (χ0) is 14.9. The van der Waals surface area contributed by atoms with Crippen LogP contribution in [0.2, 0.25) is 0 Å². The largest absolute Gasteiger partial charge is 0.493 e. The summed E-state index contributed by atoms with van der Waals surface area (Å²) in [7, 11) is 0. The predicted molar refractivity (Wildman–Crippen MR) is 93.4 cm³/mol. The first-order valence-electron chi connectivity index (χ1n) is 8.58. The minimum absolute atomic E-state index is 0. The number of benzene rings is 1. The second-order valence-electron chi connectivity index (χ2n) is 7.00. The van der Waals surface area contributed by atoms with Gasteiger partial charge in [0, 0.05) is 24.2 Å². The van der Waals surface area contributed by atoms with Crippen LogP contribution in [0.5, 0.6) is 5.75 Å². The van der Waals surface area contributed by atoms with Crippen LogP contribution < -0.4 is 15.4 Å². The molecule has 0 radical (unpaired) electrons. The highest BCUT2D eigenvalue weighted by Gasteiger charge is 2.34. The molecule has 23 heavy (non-hydrogen) atoms. The number of rotatable bonds is 3. The lowest BCUT2D eigenvalue weighted by Gasteiger charge is -2.28. The Morgan fingerprint density at radius 3 is 2.83 bits per heavy atom. The Morgan fingerprint density at radius 2 is 2.04 bits per heavy atom. The Kier molecular flexibility index (Phi) is 5.12. The average Bonchev–Trinajstić information content (AvgIpc) is 2.86. The quantitative estimate of drug-likeness (QED) is 0.890. The van der Waals surface area contributed by atoms with E-state index in [0.29, 0.717) is 24.4 Å². The molecule has 2 bridgehead atoms. The molecule has 126 valence electrons. The highest BCUT2D eigenvalue weighted by molar-refractivity contribution is 5.91. The second kappa shape index (κ2) is 7.10. The predicted octanol–water partition coefficient (Wildman–Crippen LogP) is 3.29. The Balaban J connectivity index is 0.00000156. The molecule has 0 saturated carbocycles. The Bertz CT molecular complexity index is 566. The highest BCUT2D eigenvalue weighted by Crippen LogP contribution is 2.33. The smallest absolute Gasteiger partial charge is 0.224 e. The van der Waals surface area contributed by atoms with Crippen molar-refractivity contribution in [1.29, 1.82) is 0 Å². The van der Waals surface area contributed by atoms with E-state index in [2.05, 4.69) is 16.7 Å². The number of halogens is 1. The van der Waals surface area contributed by atoms with Gasteiger partial charge in [0.05, 0.1) is 6.61 Å². The van der Waals surface area contributed by atoms with Gasteiger partial charge in [0.1, 0.15) is 5.75 Å². The Labute approximate surface area is 143 Å². The zero-order valence-corrected chi connectivity index (χ0v) is 14.2. The topological polar surface area (TPSA) is 50.4 Å². The van der Waals surface area contributed by atoms with Crippen LogP contribution in [0.1, 0.15) is 44.1 Å². The van der Waals surface area contributed by atoms with Gasteiger partial charge in [-0.05, 0) is 68.2 Å². The fourth-order valence-electron chi connectivity index (χ4n) is 4.25. The molecule has 2 unspecified atom stereocenters. The summed E-state index contributed by atoms with van der Waals surface area (Å²) in [5, 5.41) is 6.71. The van der Waals surface area contributed by atoms with Crippen molar-refractivity contribution >= 4 is 24.0 Å². The first kappa shape index (κ1) is 16.6. The molecule has 4 rings (SSSR count). The van der Waals surface area contributed by atoms with Crippen LogP contribution in [-0.4, -0.2) is 24.6 Å². The number of piperidine rings is 1. The van der Waals surface area contributed by atoms with Crippen molar-refractivity contribution in [2.24, 2.45) is 5.92 Å². The fraction of sp³-hybridized carbons (Fsp3) is 0.611. The van der Waals surface area contributed by atoms with E-state index in [4.69, 9.17) is 4.74 Å². The fourth-order valence-corrected chi connectivity index (χ4v) is 4.25. The van der Waals surface area contributed by atoms with Crippen molar-refractivity contribution < 1.29 is 9.53 Å². The molecule has 3 heterocycles. The van der Waals surface area contributed by atoms with Gasteiger partial charge < -0.3 is 15.4 Å². The third-order valence-electron chi connectivity index (χ3n) is 5.24. The molecule has 0 aromatic heterocycles. The van der Waals surface area contributed by atoms with Crippen LogP contribution in [0.4, 0.5) is 5.69 Å². The standard InChI is InChI=1S/C18H24N2O2.ClH/c21-18(10-12-8-14-3-4-15(9-12)19-14)20-16-5-6-17-13(11-16)2-1-7-22-17;/h5-6,11-12,14-15,19H,1-4,7-10H2,(H,20,21);1H. The lowest BCUT2D eigenvalue weighted by Crippen LogP contribution is -2.39. The molecular weight excluding hydrogens is 312 g/mol. The van der Waals surface area contributed by atoms with Crippen molar-refractivity contribution in [3.8, 4) is 5.75 Å². The summed E-state index contributed by atoms with van der Waals surface area (Å²) in [5.41, 5.74) is 2.12. The first-order chi connectivity index (χ1) is 10.8. The number of amides is 1. The van der Waals surface area contributed by atoms with E-state index >= 15 is 0 Å². The van der Waals surface area contributed by atoms with Crippen molar-refractivity contribution in [1.82, 2.24) is 5.32 Å². The number of anilines is 1. The molecule has 1 aromatic rings. The van der Waals surface area contributed by atoms with Gasteiger partial charge in [-0.2, -0.15) is 0 Å². The molecule has 2 N–H and O–H groups in total. The molecule has 2 saturated heterocycles. The van der Waals surface area contributed by atoms with E-state index in [1.807, 2.05) is 12.1 Å². The molecule has 0 aliphatic carbocycles. The maximum atomic E-state index is 12.3. The third-order valence-corrected chi connectivity index (χ3v) is 5.24. The van der Waals surface area contributed by atoms with Crippen LogP contribution in [0.25, 0.3) is 0 Å². The summed E-state index contributed by atoms with van der Waals surface area (Å²) < 4.78 is 5.62. The van der Waals surface area contributed by atoms with Crippen LogP contribution in [0.3, 0.4) is 0 Å². The summed E-state index contributed by atoms with van der Waals surface area (Å²) in [6.07, 6.45) is 7.63. The third kappa shape index (κ3) is 3.81. The average molecular weight is 337 g/mol. The number of aryl methyl sites for hydroxylation is 1. The van der Waals surface area contributed by atoms with Gasteiger partial charge in [0.2, 0.25) is 5.91 Å². The van der Waals surface area contributed by atoms with Crippen molar-refractivity contribution in [3.63, 3.8) is 0 Å². The molecule has 0 spiro atoms. The molecule has 4 nitrogen and oxygen atoms in total. The van der Waals surface area contributed by atoms with Gasteiger partial charge in [-0.25, -0.2) is 0 Å². The molecule has 1 aromatic carbocycles. The van der Waals surface area contributed by atoms with Gasteiger partial charge in [-0.15, -0.1) is 12.4 Å². The normalized spacial score (nSPS) is 28.3. The molecule has 3 aliphatic rings. The summed E-state index contributed by atoms with van der Waals surface area (Å²) >= 11 is 0. The molecule has 1 amide bonds. The number of hydrogen-bond donors (Lipinski definition) is 2. The van der Waals surface area contributed by atoms with E-state index in [0.717, 1.165) is 43.7 Å². The first-order valence-corrected chi connectivity index (χ1v) is 8.58. The number of nitrogens with one attached hydrogen (secondary N) is 2. The lowest BCUT2D eigenvalue weighted by atomic mass is 9.89. The van der Waals surface area contributed by atoms with Crippen molar-refractivity contribution in [2.45, 2.75) is 57.0 Å². The summed E-state index contributed by atoms with van der Waals surface area (Å²) in [4.78, 5) is 12.3. The summed E-state index contributed by atoms with van der Waals surface area (Å²) in [6.45, 7) is 0.802. The van der Waals surface area contributed by atoms with Crippen LogP contribution in [0, 0.1) is 5.92 Å². The minimum atomic E-state index is 0. The zero-order valence-electron chi connectivity index (χ0n) is 13.3. The number of carbonyl (C=O) groups is 1. The Hall–Kier alpha value is -1.26. The van der Waals surface area contributed by atoms with E-state index < -0.39 is 0 Å². The summed E-state index contributed by atoms with van der Waals surface area (Å²) in [5.74, 6) is 1.67. The number of ether oxygens (including phenoxy) is 1. The molecule has 3 aliphatic heterocycles. The number of carbonyl (C=O) groups excluding carboxylic acids is 1. The van der Waals surface area contributed by atoms with Gasteiger partial charge >= 0.3 is 0 Å². The Morgan fingerprint density at radius 1 is 1.26 bits per heavy atom.